The molecule has 2 heterocycles. The molecule has 0 unspecified atom stereocenters. The Hall–Kier alpha value is -1.36. The molecule has 1 aliphatic rings. The lowest BCUT2D eigenvalue weighted by atomic mass is 10.1. The molecule has 0 amide bonds. The minimum Gasteiger partial charge on any atom is -0.369 e. The van der Waals surface area contributed by atoms with Gasteiger partial charge < -0.3 is 10.6 Å². The Balaban J connectivity index is 2.24. The van der Waals surface area contributed by atoms with Gasteiger partial charge in [0.2, 0.25) is 5.95 Å². The van der Waals surface area contributed by atoms with Crippen molar-refractivity contribution in [1.29, 1.82) is 0 Å². The van der Waals surface area contributed by atoms with Crippen molar-refractivity contribution in [3.63, 3.8) is 0 Å². The summed E-state index contributed by atoms with van der Waals surface area (Å²) in [6.07, 6.45) is 2.74. The van der Waals surface area contributed by atoms with Gasteiger partial charge in [0.15, 0.2) is 0 Å². The van der Waals surface area contributed by atoms with E-state index in [1.54, 1.807) is 0 Å². The molecule has 0 aliphatic carbocycles. The molecule has 0 saturated carbocycles. The molecule has 0 spiro atoms. The Morgan fingerprint density at radius 2 is 2.19 bits per heavy atom. The van der Waals surface area contributed by atoms with Gasteiger partial charge >= 0.3 is 0 Å². The molecule has 2 rings (SSSR count). The summed E-state index contributed by atoms with van der Waals surface area (Å²) in [7, 11) is 0. The van der Waals surface area contributed by atoms with Crippen molar-refractivity contribution < 1.29 is 0 Å². The maximum Gasteiger partial charge on any atom is 0.255 e. The number of H-pyrrole nitrogens is 1. The third-order valence-corrected chi connectivity index (χ3v) is 3.00. The number of nitrogens with one attached hydrogen (secondary N) is 1. The van der Waals surface area contributed by atoms with Gasteiger partial charge in [-0.2, -0.15) is 0 Å². The fourth-order valence-corrected chi connectivity index (χ4v) is 2.21. The van der Waals surface area contributed by atoms with Crippen LogP contribution in [0.15, 0.2) is 4.79 Å². The zero-order valence-corrected chi connectivity index (χ0v) is 9.62. The first-order valence-electron chi connectivity index (χ1n) is 5.80. The van der Waals surface area contributed by atoms with Crippen LogP contribution >= 0.6 is 0 Å². The van der Waals surface area contributed by atoms with E-state index in [1.807, 2.05) is 0 Å². The van der Waals surface area contributed by atoms with Crippen LogP contribution in [0.25, 0.3) is 0 Å². The molecule has 88 valence electrons. The van der Waals surface area contributed by atoms with Crippen molar-refractivity contribution in [2.24, 2.45) is 0 Å². The number of aromatic nitrogens is 2. The zero-order valence-electron chi connectivity index (χ0n) is 9.62. The first-order chi connectivity index (χ1) is 7.70. The van der Waals surface area contributed by atoms with Crippen molar-refractivity contribution in [3.8, 4) is 0 Å². The fourth-order valence-electron chi connectivity index (χ4n) is 2.21. The molecule has 0 aromatic carbocycles. The Kier molecular flexibility index (Phi) is 3.24. The monoisotopic (exact) mass is 222 g/mol. The summed E-state index contributed by atoms with van der Waals surface area (Å²) < 4.78 is 0. The summed E-state index contributed by atoms with van der Waals surface area (Å²) in [4.78, 5) is 20.9. The lowest BCUT2D eigenvalue weighted by Gasteiger charge is -2.17. The van der Waals surface area contributed by atoms with Gasteiger partial charge in [0.05, 0.1) is 5.69 Å². The molecule has 0 saturated heterocycles. The lowest BCUT2D eigenvalue weighted by molar-refractivity contribution is 0.287. The standard InChI is InChI=1S/C11H18N4O/c1-2-5-15-6-3-8-9(4-7-15)13-11(12)14-10(8)16/h2-7H2,1H3,(H3,12,13,14,16). The number of hydrogen-bond acceptors (Lipinski definition) is 4. The van der Waals surface area contributed by atoms with E-state index in [2.05, 4.69) is 21.8 Å². The van der Waals surface area contributed by atoms with Crippen LogP contribution in [0.1, 0.15) is 24.6 Å². The third-order valence-electron chi connectivity index (χ3n) is 3.00. The largest absolute Gasteiger partial charge is 0.369 e. The molecule has 1 aromatic rings. The number of nitrogens with zero attached hydrogens (tertiary/aromatic N) is 2. The van der Waals surface area contributed by atoms with E-state index >= 15 is 0 Å². The lowest BCUT2D eigenvalue weighted by Crippen LogP contribution is -2.27. The second-order valence-corrected chi connectivity index (χ2v) is 4.22. The summed E-state index contributed by atoms with van der Waals surface area (Å²) in [6, 6.07) is 0. The van der Waals surface area contributed by atoms with Gasteiger partial charge in [0.1, 0.15) is 0 Å². The average Bonchev–Trinajstić information content (AvgIpc) is 2.42. The molecule has 1 aromatic heterocycles. The highest BCUT2D eigenvalue weighted by molar-refractivity contribution is 5.26. The van der Waals surface area contributed by atoms with Crippen LogP contribution in [0.3, 0.4) is 0 Å². The van der Waals surface area contributed by atoms with Gasteiger partial charge in [-0.1, -0.05) is 6.92 Å². The number of rotatable bonds is 2. The highest BCUT2D eigenvalue weighted by Crippen LogP contribution is 2.10. The second-order valence-electron chi connectivity index (χ2n) is 4.22. The van der Waals surface area contributed by atoms with Crippen molar-refractivity contribution in [2.45, 2.75) is 26.2 Å². The predicted octanol–water partition coefficient (Wildman–Crippen LogP) is 0.163. The number of fused-ring (bicyclic) bond motifs is 1. The van der Waals surface area contributed by atoms with Crippen LogP contribution in [-0.2, 0) is 12.8 Å². The molecule has 0 fully saturated rings. The van der Waals surface area contributed by atoms with Crippen molar-refractivity contribution in [1.82, 2.24) is 14.9 Å². The van der Waals surface area contributed by atoms with Gasteiger partial charge in [-0.15, -0.1) is 0 Å². The van der Waals surface area contributed by atoms with E-state index < -0.39 is 0 Å². The maximum absolute atomic E-state index is 11.7. The van der Waals surface area contributed by atoms with E-state index in [4.69, 9.17) is 5.73 Å². The first kappa shape index (κ1) is 11.1. The smallest absolute Gasteiger partial charge is 0.255 e. The minimum atomic E-state index is -0.0687. The molecule has 5 nitrogen and oxygen atoms in total. The molecule has 0 atom stereocenters. The van der Waals surface area contributed by atoms with Crippen LogP contribution < -0.4 is 11.3 Å². The van der Waals surface area contributed by atoms with Crippen molar-refractivity contribution >= 4 is 5.95 Å². The molecular formula is C11H18N4O. The first-order valence-corrected chi connectivity index (χ1v) is 5.80. The summed E-state index contributed by atoms with van der Waals surface area (Å²) >= 11 is 0. The quantitative estimate of drug-likeness (QED) is 0.747. The zero-order chi connectivity index (χ0) is 11.5. The van der Waals surface area contributed by atoms with Gasteiger partial charge in [0.25, 0.3) is 5.56 Å². The van der Waals surface area contributed by atoms with Gasteiger partial charge in [-0.05, 0) is 19.4 Å². The highest BCUT2D eigenvalue weighted by atomic mass is 16.1. The van der Waals surface area contributed by atoms with E-state index in [-0.39, 0.29) is 11.5 Å². The summed E-state index contributed by atoms with van der Waals surface area (Å²) in [5.74, 6) is 0.229. The predicted molar refractivity (Wildman–Crippen MR) is 63.4 cm³/mol. The Morgan fingerprint density at radius 3 is 2.94 bits per heavy atom. The summed E-state index contributed by atoms with van der Waals surface area (Å²) in [5.41, 5.74) is 7.17. The molecule has 0 bridgehead atoms. The van der Waals surface area contributed by atoms with E-state index in [1.165, 1.54) is 0 Å². The van der Waals surface area contributed by atoms with E-state index in [9.17, 15) is 4.79 Å². The van der Waals surface area contributed by atoms with Crippen LogP contribution in [0, 0.1) is 0 Å². The third kappa shape index (κ3) is 2.24. The number of nitrogen functional groups attached to an aromatic ring is 1. The van der Waals surface area contributed by atoms with Gasteiger partial charge in [0, 0.05) is 25.1 Å². The number of hydrogen-bond donors (Lipinski definition) is 2. The van der Waals surface area contributed by atoms with Crippen LogP contribution in [-0.4, -0.2) is 34.5 Å². The average molecular weight is 222 g/mol. The Labute approximate surface area is 94.7 Å². The molecular weight excluding hydrogens is 204 g/mol. The highest BCUT2D eigenvalue weighted by Gasteiger charge is 2.17. The van der Waals surface area contributed by atoms with Gasteiger partial charge in [-0.3, -0.25) is 9.78 Å². The van der Waals surface area contributed by atoms with E-state index in [0.717, 1.165) is 50.2 Å². The fraction of sp³-hybridized carbons (Fsp3) is 0.636. The maximum atomic E-state index is 11.7. The SMILES string of the molecule is CCCN1CCc2nc(N)[nH]c(=O)c2CC1. The van der Waals surface area contributed by atoms with Crippen molar-refractivity contribution in [2.75, 3.05) is 25.4 Å². The molecule has 3 N–H and O–H groups in total. The molecule has 0 radical (unpaired) electrons. The minimum absolute atomic E-state index is 0.0687. The normalized spacial score (nSPS) is 16.8. The second kappa shape index (κ2) is 4.65. The number of nitrogens with two attached hydrogens (primary N) is 1. The van der Waals surface area contributed by atoms with Crippen LogP contribution in [0.2, 0.25) is 0 Å². The van der Waals surface area contributed by atoms with Gasteiger partial charge in [-0.25, -0.2) is 4.98 Å². The summed E-state index contributed by atoms with van der Waals surface area (Å²) in [5, 5.41) is 0. The molecule has 5 heteroatoms. The molecule has 16 heavy (non-hydrogen) atoms. The Bertz CT molecular complexity index is 426. The topological polar surface area (TPSA) is 75.0 Å². The van der Waals surface area contributed by atoms with Crippen LogP contribution in [0.4, 0.5) is 5.95 Å². The molecule has 1 aliphatic heterocycles. The number of anilines is 1. The van der Waals surface area contributed by atoms with E-state index in [0.29, 0.717) is 0 Å². The Morgan fingerprint density at radius 1 is 1.44 bits per heavy atom. The number of aromatic amines is 1. The van der Waals surface area contributed by atoms with Crippen molar-refractivity contribution in [3.05, 3.63) is 21.6 Å². The van der Waals surface area contributed by atoms with Crippen LogP contribution in [0.5, 0.6) is 0 Å². The summed E-state index contributed by atoms with van der Waals surface area (Å²) in [6.45, 7) is 5.16.